The first kappa shape index (κ1) is 16.4. The van der Waals surface area contributed by atoms with Gasteiger partial charge in [-0.05, 0) is 32.4 Å². The molecular weight excluding hydrogens is 254 g/mol. The van der Waals surface area contributed by atoms with E-state index in [-0.39, 0.29) is 5.91 Å². The topological polar surface area (TPSA) is 54.5 Å². The summed E-state index contributed by atoms with van der Waals surface area (Å²) in [6.45, 7) is 9.42. The molecule has 1 rings (SSSR count). The van der Waals surface area contributed by atoms with Gasteiger partial charge < -0.3 is 15.0 Å². The SMILES string of the molecule is CCCNc1ccc(C(=O)N(CC)CCOCC)cn1. The highest BCUT2D eigenvalue weighted by Crippen LogP contribution is 2.08. The number of hydrogen-bond donors (Lipinski definition) is 1. The first-order valence-electron chi connectivity index (χ1n) is 7.29. The number of carbonyl (C=O) groups excluding carboxylic acids is 1. The summed E-state index contributed by atoms with van der Waals surface area (Å²) in [6, 6.07) is 3.66. The molecule has 0 aromatic carbocycles. The first-order valence-corrected chi connectivity index (χ1v) is 7.29. The minimum absolute atomic E-state index is 0.00162. The molecule has 1 heterocycles. The summed E-state index contributed by atoms with van der Waals surface area (Å²) >= 11 is 0. The van der Waals surface area contributed by atoms with E-state index in [0.29, 0.717) is 31.9 Å². The van der Waals surface area contributed by atoms with Crippen LogP contribution in [0, 0.1) is 0 Å². The smallest absolute Gasteiger partial charge is 0.255 e. The molecule has 1 amide bonds. The minimum atomic E-state index is 0.00162. The van der Waals surface area contributed by atoms with Crippen molar-refractivity contribution in [2.24, 2.45) is 0 Å². The maximum absolute atomic E-state index is 12.3. The summed E-state index contributed by atoms with van der Waals surface area (Å²) in [6.07, 6.45) is 2.67. The predicted octanol–water partition coefficient (Wildman–Crippen LogP) is 2.40. The van der Waals surface area contributed by atoms with Crippen molar-refractivity contribution < 1.29 is 9.53 Å². The van der Waals surface area contributed by atoms with E-state index in [9.17, 15) is 4.79 Å². The van der Waals surface area contributed by atoms with Crippen LogP contribution in [0.4, 0.5) is 5.82 Å². The largest absolute Gasteiger partial charge is 0.380 e. The van der Waals surface area contributed by atoms with Crippen LogP contribution in [0.5, 0.6) is 0 Å². The molecule has 0 atom stereocenters. The minimum Gasteiger partial charge on any atom is -0.380 e. The molecule has 5 nitrogen and oxygen atoms in total. The van der Waals surface area contributed by atoms with Crippen LogP contribution < -0.4 is 5.32 Å². The highest BCUT2D eigenvalue weighted by Gasteiger charge is 2.14. The molecular formula is C15H25N3O2. The average molecular weight is 279 g/mol. The Hall–Kier alpha value is -1.62. The fourth-order valence-electron chi connectivity index (χ4n) is 1.78. The van der Waals surface area contributed by atoms with Gasteiger partial charge in [0.15, 0.2) is 0 Å². The monoisotopic (exact) mass is 279 g/mol. The molecule has 0 unspecified atom stereocenters. The highest BCUT2D eigenvalue weighted by molar-refractivity contribution is 5.94. The molecule has 1 aromatic rings. The van der Waals surface area contributed by atoms with Crippen LogP contribution >= 0.6 is 0 Å². The van der Waals surface area contributed by atoms with Gasteiger partial charge in [-0.3, -0.25) is 4.79 Å². The van der Waals surface area contributed by atoms with Crippen LogP contribution in [0.3, 0.4) is 0 Å². The second kappa shape index (κ2) is 9.31. The van der Waals surface area contributed by atoms with E-state index in [1.165, 1.54) is 0 Å². The number of amides is 1. The molecule has 0 saturated carbocycles. The molecule has 1 aromatic heterocycles. The van der Waals surface area contributed by atoms with E-state index >= 15 is 0 Å². The number of anilines is 1. The van der Waals surface area contributed by atoms with Gasteiger partial charge >= 0.3 is 0 Å². The molecule has 0 aliphatic carbocycles. The summed E-state index contributed by atoms with van der Waals surface area (Å²) in [5, 5.41) is 3.19. The quantitative estimate of drug-likeness (QED) is 0.705. The van der Waals surface area contributed by atoms with E-state index in [1.807, 2.05) is 26.0 Å². The summed E-state index contributed by atoms with van der Waals surface area (Å²) in [4.78, 5) is 18.3. The Bertz CT molecular complexity index is 393. The zero-order valence-electron chi connectivity index (χ0n) is 12.7. The Labute approximate surface area is 121 Å². The molecule has 0 aliphatic rings. The number of carbonyl (C=O) groups is 1. The predicted molar refractivity (Wildman–Crippen MR) is 81.1 cm³/mol. The Kier molecular flexibility index (Phi) is 7.65. The molecule has 0 spiro atoms. The molecule has 0 radical (unpaired) electrons. The standard InChI is InChI=1S/C15H25N3O2/c1-4-9-16-14-8-7-13(12-17-14)15(19)18(5-2)10-11-20-6-3/h7-8,12H,4-6,9-11H2,1-3H3,(H,16,17). The Balaban J connectivity index is 2.60. The van der Waals surface area contributed by atoms with Crippen LogP contribution in [0.2, 0.25) is 0 Å². The number of pyridine rings is 1. The third-order valence-electron chi connectivity index (χ3n) is 2.95. The van der Waals surface area contributed by atoms with Gasteiger partial charge in [-0.1, -0.05) is 6.92 Å². The summed E-state index contributed by atoms with van der Waals surface area (Å²) in [5.41, 5.74) is 0.616. The van der Waals surface area contributed by atoms with E-state index < -0.39 is 0 Å². The lowest BCUT2D eigenvalue weighted by atomic mass is 10.2. The van der Waals surface area contributed by atoms with E-state index in [1.54, 1.807) is 11.1 Å². The fraction of sp³-hybridized carbons (Fsp3) is 0.600. The highest BCUT2D eigenvalue weighted by atomic mass is 16.5. The van der Waals surface area contributed by atoms with Gasteiger partial charge in [-0.15, -0.1) is 0 Å². The second-order valence-electron chi connectivity index (χ2n) is 4.44. The van der Waals surface area contributed by atoms with Crippen molar-refractivity contribution in [3.05, 3.63) is 23.9 Å². The fourth-order valence-corrected chi connectivity index (χ4v) is 1.78. The third kappa shape index (κ3) is 5.17. The van der Waals surface area contributed by atoms with E-state index in [4.69, 9.17) is 4.74 Å². The summed E-state index contributed by atoms with van der Waals surface area (Å²) in [7, 11) is 0. The van der Waals surface area contributed by atoms with Crippen molar-refractivity contribution in [1.82, 2.24) is 9.88 Å². The number of likely N-dealkylation sites (N-methyl/N-ethyl adjacent to an activating group) is 1. The van der Waals surface area contributed by atoms with E-state index in [2.05, 4.69) is 17.2 Å². The third-order valence-corrected chi connectivity index (χ3v) is 2.95. The van der Waals surface area contributed by atoms with Crippen molar-refractivity contribution in [3.63, 3.8) is 0 Å². The van der Waals surface area contributed by atoms with Gasteiger partial charge in [0.1, 0.15) is 5.82 Å². The zero-order valence-corrected chi connectivity index (χ0v) is 12.7. The molecule has 5 heteroatoms. The Morgan fingerprint density at radius 3 is 2.70 bits per heavy atom. The maximum atomic E-state index is 12.3. The summed E-state index contributed by atoms with van der Waals surface area (Å²) < 4.78 is 5.30. The normalized spacial score (nSPS) is 10.3. The Morgan fingerprint density at radius 1 is 1.35 bits per heavy atom. The van der Waals surface area contributed by atoms with Crippen molar-refractivity contribution >= 4 is 11.7 Å². The molecule has 0 fully saturated rings. The molecule has 0 bridgehead atoms. The maximum Gasteiger partial charge on any atom is 0.255 e. The number of rotatable bonds is 9. The van der Waals surface area contributed by atoms with Crippen LogP contribution in [-0.4, -0.2) is 48.6 Å². The molecule has 1 N–H and O–H groups in total. The first-order chi connectivity index (χ1) is 9.72. The molecule has 20 heavy (non-hydrogen) atoms. The van der Waals surface area contributed by atoms with Gasteiger partial charge in [0.2, 0.25) is 0 Å². The van der Waals surface area contributed by atoms with Gasteiger partial charge in [-0.2, -0.15) is 0 Å². The molecule has 0 aliphatic heterocycles. The van der Waals surface area contributed by atoms with Crippen molar-refractivity contribution in [1.29, 1.82) is 0 Å². The van der Waals surface area contributed by atoms with Gasteiger partial charge in [-0.25, -0.2) is 4.98 Å². The number of aromatic nitrogens is 1. The lowest BCUT2D eigenvalue weighted by Gasteiger charge is -2.20. The lowest BCUT2D eigenvalue weighted by Crippen LogP contribution is -2.34. The number of hydrogen-bond acceptors (Lipinski definition) is 4. The number of nitrogens with zero attached hydrogens (tertiary/aromatic N) is 2. The van der Waals surface area contributed by atoms with E-state index in [0.717, 1.165) is 18.8 Å². The van der Waals surface area contributed by atoms with Crippen molar-refractivity contribution in [3.8, 4) is 0 Å². The van der Waals surface area contributed by atoms with Gasteiger partial charge in [0.05, 0.1) is 12.2 Å². The van der Waals surface area contributed by atoms with Gasteiger partial charge in [0, 0.05) is 32.4 Å². The molecule has 0 saturated heterocycles. The lowest BCUT2D eigenvalue weighted by molar-refractivity contribution is 0.0669. The Morgan fingerprint density at radius 2 is 2.15 bits per heavy atom. The summed E-state index contributed by atoms with van der Waals surface area (Å²) in [5.74, 6) is 0.808. The van der Waals surface area contributed by atoms with Gasteiger partial charge in [0.25, 0.3) is 5.91 Å². The van der Waals surface area contributed by atoms with Crippen LogP contribution in [-0.2, 0) is 4.74 Å². The van der Waals surface area contributed by atoms with Crippen LogP contribution in [0.25, 0.3) is 0 Å². The van der Waals surface area contributed by atoms with Crippen LogP contribution in [0.15, 0.2) is 18.3 Å². The zero-order chi connectivity index (χ0) is 14.8. The second-order valence-corrected chi connectivity index (χ2v) is 4.44. The average Bonchev–Trinajstić information content (AvgIpc) is 2.49. The number of ether oxygens (including phenoxy) is 1. The van der Waals surface area contributed by atoms with Crippen molar-refractivity contribution in [2.75, 3.05) is 38.2 Å². The molecule has 112 valence electrons. The van der Waals surface area contributed by atoms with Crippen molar-refractivity contribution in [2.45, 2.75) is 27.2 Å². The van der Waals surface area contributed by atoms with Crippen LogP contribution in [0.1, 0.15) is 37.6 Å². The number of nitrogens with one attached hydrogen (secondary N) is 1.